The van der Waals surface area contributed by atoms with E-state index in [-0.39, 0.29) is 30.4 Å². The first-order valence-corrected chi connectivity index (χ1v) is 22.1. The summed E-state index contributed by atoms with van der Waals surface area (Å²) in [5.41, 5.74) is 4.43. The summed E-state index contributed by atoms with van der Waals surface area (Å²) in [6.45, 7) is 12.6. The number of anilines is 1. The highest BCUT2D eigenvalue weighted by atomic mass is 16.6. The molecule has 0 aliphatic carbocycles. The Morgan fingerprint density at radius 3 is 2.33 bits per heavy atom. The van der Waals surface area contributed by atoms with Crippen molar-refractivity contribution in [3.05, 3.63) is 63.6 Å². The van der Waals surface area contributed by atoms with Crippen molar-refractivity contribution in [3.8, 4) is 0 Å². The number of nitrogens with one attached hydrogen (secondary N) is 2. The number of aromatic nitrogens is 1. The zero-order valence-electron chi connectivity index (χ0n) is 35.3. The Morgan fingerprint density at radius 1 is 0.836 bits per heavy atom. The number of para-hydroxylation sites is 1. The highest BCUT2D eigenvalue weighted by molar-refractivity contribution is 5.91. The van der Waals surface area contributed by atoms with Crippen LogP contribution in [0.4, 0.5) is 15.3 Å². The molecule has 0 radical (unpaired) electrons. The average Bonchev–Trinajstić information content (AvgIpc) is 3.57. The maximum absolute atomic E-state index is 14.3. The van der Waals surface area contributed by atoms with Crippen molar-refractivity contribution in [1.82, 2.24) is 34.4 Å². The zero-order valence-corrected chi connectivity index (χ0v) is 35.3. The minimum Gasteiger partial charge on any atom is -0.465 e. The maximum atomic E-state index is 14.3. The van der Waals surface area contributed by atoms with Crippen LogP contribution in [0.2, 0.25) is 0 Å². The van der Waals surface area contributed by atoms with Crippen molar-refractivity contribution < 1.29 is 37.8 Å². The zero-order chi connectivity index (χ0) is 42.3. The second-order valence-electron chi connectivity index (χ2n) is 17.0. The molecule has 4 fully saturated rings. The van der Waals surface area contributed by atoms with Gasteiger partial charge in [0, 0.05) is 103 Å². The summed E-state index contributed by atoms with van der Waals surface area (Å²) >= 11 is 0. The first-order chi connectivity index (χ1) is 29.7. The number of amides is 4. The molecular weight excluding hydrogens is 785 g/mol. The lowest BCUT2D eigenvalue weighted by atomic mass is 9.99. The Labute approximate surface area is 356 Å². The van der Waals surface area contributed by atoms with E-state index in [1.54, 1.807) is 11.0 Å². The van der Waals surface area contributed by atoms with Gasteiger partial charge in [0.05, 0.1) is 31.9 Å². The molecule has 4 saturated heterocycles. The Hall–Kier alpha value is -4.97. The molecule has 0 bridgehead atoms. The summed E-state index contributed by atoms with van der Waals surface area (Å²) in [6.07, 6.45) is 2.84. The normalized spacial score (nSPS) is 20.9. The highest BCUT2D eigenvalue weighted by Crippen LogP contribution is 2.27. The number of likely N-dealkylation sites (tertiary alicyclic amines) is 2. The van der Waals surface area contributed by atoms with Gasteiger partial charge in [-0.15, -0.1) is 0 Å². The van der Waals surface area contributed by atoms with E-state index in [2.05, 4.69) is 25.0 Å². The fraction of sp³-hybridized carbons (Fsp3) is 0.614. The highest BCUT2D eigenvalue weighted by Gasteiger charge is 2.37. The molecule has 3 aromatic rings. The van der Waals surface area contributed by atoms with E-state index in [4.69, 9.17) is 18.6 Å². The fourth-order valence-corrected chi connectivity index (χ4v) is 9.57. The van der Waals surface area contributed by atoms with E-state index in [0.717, 1.165) is 107 Å². The Bertz CT molecular complexity index is 2060. The predicted octanol–water partition coefficient (Wildman–Crippen LogP) is 2.91. The van der Waals surface area contributed by atoms with Crippen LogP contribution >= 0.6 is 0 Å². The quantitative estimate of drug-likeness (QED) is 0.202. The Balaban J connectivity index is 0.828. The van der Waals surface area contributed by atoms with Gasteiger partial charge in [0.15, 0.2) is 11.7 Å². The largest absolute Gasteiger partial charge is 0.465 e. The number of hydrogen-bond acceptors (Lipinski definition) is 12. The summed E-state index contributed by atoms with van der Waals surface area (Å²) in [4.78, 5) is 80.9. The molecule has 8 rings (SSSR count). The second-order valence-corrected chi connectivity index (χ2v) is 17.0. The summed E-state index contributed by atoms with van der Waals surface area (Å²) in [6, 6.07) is 11.6. The number of fused-ring (bicyclic) bond motifs is 2. The maximum Gasteiger partial charge on any atom is 0.417 e. The van der Waals surface area contributed by atoms with E-state index in [9.17, 15) is 24.0 Å². The topological polar surface area (TPSA) is 173 Å². The van der Waals surface area contributed by atoms with E-state index in [1.165, 1.54) is 0 Å². The van der Waals surface area contributed by atoms with Crippen LogP contribution in [0.25, 0.3) is 11.1 Å². The fourth-order valence-electron chi connectivity index (χ4n) is 9.57. The van der Waals surface area contributed by atoms with Crippen LogP contribution in [0.5, 0.6) is 0 Å². The summed E-state index contributed by atoms with van der Waals surface area (Å²) in [7, 11) is 0. The molecule has 61 heavy (non-hydrogen) atoms. The lowest BCUT2D eigenvalue weighted by Gasteiger charge is -2.43. The number of aromatic amines is 1. The van der Waals surface area contributed by atoms with Gasteiger partial charge in [-0.2, -0.15) is 0 Å². The van der Waals surface area contributed by atoms with Crippen LogP contribution in [-0.4, -0.2) is 181 Å². The number of rotatable bonds is 12. The van der Waals surface area contributed by atoms with E-state index in [1.807, 2.05) is 47.1 Å². The Kier molecular flexibility index (Phi) is 13.9. The number of esters is 1. The minimum atomic E-state index is -1.08. The number of ether oxygens (including phenoxy) is 3. The second kappa shape index (κ2) is 19.8. The molecule has 0 spiro atoms. The number of H-pyrrole nitrogens is 1. The van der Waals surface area contributed by atoms with Crippen molar-refractivity contribution in [2.24, 2.45) is 0 Å². The van der Waals surface area contributed by atoms with Crippen LogP contribution in [0, 0.1) is 6.92 Å². The van der Waals surface area contributed by atoms with E-state index in [0.29, 0.717) is 75.9 Å². The molecule has 330 valence electrons. The van der Waals surface area contributed by atoms with Gasteiger partial charge in [0.25, 0.3) is 5.91 Å². The summed E-state index contributed by atoms with van der Waals surface area (Å²) in [5, 5.41) is 3.05. The third-order valence-corrected chi connectivity index (χ3v) is 13.1. The van der Waals surface area contributed by atoms with Crippen LogP contribution in [0.1, 0.15) is 48.8 Å². The van der Waals surface area contributed by atoms with Gasteiger partial charge in [-0.25, -0.2) is 14.4 Å². The van der Waals surface area contributed by atoms with Gasteiger partial charge in [-0.3, -0.25) is 29.3 Å². The molecule has 1 aromatic heterocycles. The molecule has 1 atom stereocenters. The SMILES string of the molecule is Cc1cc(C[C@@H](OC(=O)N2CCC(N3CCc4ccccc4NC3=O)CC2)C(=O)N2CCC(N3CCN(CC(=O)OCCCN4CCOCC4)CC3)CC2)cc2oc(=O)[nH]c12. The minimum absolute atomic E-state index is 0.0248. The van der Waals surface area contributed by atoms with Crippen molar-refractivity contribution in [3.63, 3.8) is 0 Å². The molecule has 17 heteroatoms. The molecule has 4 amide bonds. The molecule has 6 heterocycles. The standard InChI is InChI=1S/C44H60N8O9/c1-31-27-32(28-37-40(31)46-43(56)60-37)29-38(61-44(57)51-15-10-35(11-16-51)52-17-7-33-5-2-3-6-36(33)45-42(52)55)41(54)50-13-8-34(9-14-50)49-20-18-48(19-21-49)30-39(53)59-24-4-12-47-22-25-58-26-23-47/h2-3,5-6,27-28,34-35,38H,4,7-26,29-30H2,1H3,(H,45,55)(H,46,56)/t38-/m1/s1. The van der Waals surface area contributed by atoms with Gasteiger partial charge >= 0.3 is 23.8 Å². The van der Waals surface area contributed by atoms with Crippen LogP contribution in [-0.2, 0) is 36.6 Å². The number of aryl methyl sites for hydroxylation is 1. The van der Waals surface area contributed by atoms with Crippen LogP contribution in [0.15, 0.2) is 45.6 Å². The number of urea groups is 1. The van der Waals surface area contributed by atoms with Crippen LogP contribution < -0.4 is 11.1 Å². The van der Waals surface area contributed by atoms with Gasteiger partial charge in [0.2, 0.25) is 0 Å². The van der Waals surface area contributed by atoms with Crippen LogP contribution in [0.3, 0.4) is 0 Å². The molecule has 0 unspecified atom stereocenters. The summed E-state index contributed by atoms with van der Waals surface area (Å²) < 4.78 is 22.4. The monoisotopic (exact) mass is 844 g/mol. The number of morpholine rings is 1. The third kappa shape index (κ3) is 10.7. The van der Waals surface area contributed by atoms with Crippen molar-refractivity contribution >= 4 is 40.8 Å². The van der Waals surface area contributed by atoms with Crippen molar-refractivity contribution in [1.29, 1.82) is 0 Å². The number of nitrogens with zero attached hydrogens (tertiary/aromatic N) is 6. The average molecular weight is 845 g/mol. The number of carbonyl (C=O) groups excluding carboxylic acids is 4. The third-order valence-electron chi connectivity index (χ3n) is 13.1. The molecule has 2 aromatic carbocycles. The lowest BCUT2D eigenvalue weighted by Crippen LogP contribution is -2.55. The number of piperazine rings is 1. The lowest BCUT2D eigenvalue weighted by molar-refractivity contribution is -0.145. The van der Waals surface area contributed by atoms with Crippen molar-refractivity contribution in [2.45, 2.75) is 70.1 Å². The summed E-state index contributed by atoms with van der Waals surface area (Å²) in [5.74, 6) is -0.982. The van der Waals surface area contributed by atoms with Gasteiger partial charge in [-0.1, -0.05) is 24.3 Å². The number of piperidine rings is 2. The first-order valence-electron chi connectivity index (χ1n) is 22.1. The molecule has 2 N–H and O–H groups in total. The number of hydrogen-bond donors (Lipinski definition) is 2. The van der Waals surface area contributed by atoms with E-state index >= 15 is 0 Å². The van der Waals surface area contributed by atoms with E-state index < -0.39 is 18.0 Å². The molecule has 0 saturated carbocycles. The van der Waals surface area contributed by atoms with Gasteiger partial charge < -0.3 is 38.6 Å². The number of oxazole rings is 1. The molecule has 17 nitrogen and oxygen atoms in total. The van der Waals surface area contributed by atoms with Gasteiger partial charge in [-0.05, 0) is 74.3 Å². The number of benzene rings is 2. The molecule has 5 aliphatic rings. The van der Waals surface area contributed by atoms with Gasteiger partial charge in [0.1, 0.15) is 0 Å². The predicted molar refractivity (Wildman–Crippen MR) is 226 cm³/mol. The van der Waals surface area contributed by atoms with Crippen molar-refractivity contribution in [2.75, 3.05) is 110 Å². The smallest absolute Gasteiger partial charge is 0.417 e. The first kappa shape index (κ1) is 42.7. The Morgan fingerprint density at radius 2 is 1.56 bits per heavy atom. The molecule has 5 aliphatic heterocycles. The molecular formula is C44H60N8O9. The number of carbonyl (C=O) groups is 4.